The molecule has 0 aromatic heterocycles. The SMILES string of the molecule is CNC(C)c1ccc(N2CCCC3C(=O)NCC32)cc1. The van der Waals surface area contributed by atoms with Crippen molar-refractivity contribution in [2.24, 2.45) is 5.92 Å². The summed E-state index contributed by atoms with van der Waals surface area (Å²) < 4.78 is 0. The number of nitrogens with zero attached hydrogens (tertiary/aromatic N) is 1. The van der Waals surface area contributed by atoms with Gasteiger partial charge in [-0.05, 0) is 44.5 Å². The summed E-state index contributed by atoms with van der Waals surface area (Å²) in [6.45, 7) is 4.00. The summed E-state index contributed by atoms with van der Waals surface area (Å²) >= 11 is 0. The molecule has 1 aromatic rings. The average molecular weight is 273 g/mol. The van der Waals surface area contributed by atoms with Crippen molar-refractivity contribution in [1.29, 1.82) is 0 Å². The quantitative estimate of drug-likeness (QED) is 0.881. The van der Waals surface area contributed by atoms with Crippen LogP contribution in [-0.4, -0.2) is 32.1 Å². The Morgan fingerprint density at radius 1 is 1.35 bits per heavy atom. The Labute approximate surface area is 120 Å². The lowest BCUT2D eigenvalue weighted by Crippen LogP contribution is -2.45. The highest BCUT2D eigenvalue weighted by molar-refractivity contribution is 5.83. The van der Waals surface area contributed by atoms with Crippen LogP contribution in [0.4, 0.5) is 5.69 Å². The molecule has 2 aliphatic heterocycles. The lowest BCUT2D eigenvalue weighted by molar-refractivity contribution is -0.122. The maximum Gasteiger partial charge on any atom is 0.225 e. The Morgan fingerprint density at radius 2 is 2.10 bits per heavy atom. The van der Waals surface area contributed by atoms with Crippen LogP contribution in [0.25, 0.3) is 0 Å². The number of nitrogens with one attached hydrogen (secondary N) is 2. The number of piperidine rings is 1. The smallest absolute Gasteiger partial charge is 0.225 e. The van der Waals surface area contributed by atoms with E-state index in [4.69, 9.17) is 0 Å². The molecule has 108 valence electrons. The Hall–Kier alpha value is -1.55. The maximum atomic E-state index is 11.8. The van der Waals surface area contributed by atoms with Crippen molar-refractivity contribution < 1.29 is 4.79 Å². The van der Waals surface area contributed by atoms with Crippen molar-refractivity contribution in [3.8, 4) is 0 Å². The zero-order valence-corrected chi connectivity index (χ0v) is 12.2. The zero-order chi connectivity index (χ0) is 14.1. The van der Waals surface area contributed by atoms with Crippen molar-refractivity contribution in [3.63, 3.8) is 0 Å². The number of rotatable bonds is 3. The maximum absolute atomic E-state index is 11.8. The molecule has 0 radical (unpaired) electrons. The number of amides is 1. The van der Waals surface area contributed by atoms with Crippen LogP contribution in [0, 0.1) is 5.92 Å². The molecule has 2 fully saturated rings. The number of anilines is 1. The Morgan fingerprint density at radius 3 is 2.80 bits per heavy atom. The van der Waals surface area contributed by atoms with Gasteiger partial charge in [-0.15, -0.1) is 0 Å². The van der Waals surface area contributed by atoms with E-state index in [0.717, 1.165) is 25.9 Å². The van der Waals surface area contributed by atoms with Gasteiger partial charge in [0.25, 0.3) is 0 Å². The van der Waals surface area contributed by atoms with E-state index in [9.17, 15) is 4.79 Å². The molecule has 1 amide bonds. The summed E-state index contributed by atoms with van der Waals surface area (Å²) in [5.74, 6) is 0.416. The first kappa shape index (κ1) is 13.4. The minimum Gasteiger partial charge on any atom is -0.366 e. The van der Waals surface area contributed by atoms with E-state index >= 15 is 0 Å². The summed E-state index contributed by atoms with van der Waals surface area (Å²) in [7, 11) is 1.98. The van der Waals surface area contributed by atoms with Gasteiger partial charge in [-0.1, -0.05) is 12.1 Å². The van der Waals surface area contributed by atoms with Crippen LogP contribution in [0.2, 0.25) is 0 Å². The fourth-order valence-electron chi connectivity index (χ4n) is 3.39. The predicted molar refractivity (Wildman–Crippen MR) is 80.8 cm³/mol. The van der Waals surface area contributed by atoms with Gasteiger partial charge < -0.3 is 15.5 Å². The molecule has 3 atom stereocenters. The molecule has 0 bridgehead atoms. The fourth-order valence-corrected chi connectivity index (χ4v) is 3.39. The van der Waals surface area contributed by atoms with E-state index in [0.29, 0.717) is 12.1 Å². The van der Waals surface area contributed by atoms with Gasteiger partial charge in [-0.3, -0.25) is 4.79 Å². The highest BCUT2D eigenvalue weighted by Gasteiger charge is 2.40. The van der Waals surface area contributed by atoms with E-state index in [1.807, 2.05) is 7.05 Å². The van der Waals surface area contributed by atoms with Gasteiger partial charge in [0.2, 0.25) is 5.91 Å². The van der Waals surface area contributed by atoms with Gasteiger partial charge in [-0.25, -0.2) is 0 Å². The molecular formula is C16H23N3O. The standard InChI is InChI=1S/C16H23N3O/c1-11(17-2)12-5-7-13(8-6-12)19-9-3-4-14-15(19)10-18-16(14)20/h5-8,11,14-15,17H,3-4,9-10H2,1-2H3,(H,18,20). The topological polar surface area (TPSA) is 44.4 Å². The van der Waals surface area contributed by atoms with Crippen LogP contribution < -0.4 is 15.5 Å². The first-order valence-electron chi connectivity index (χ1n) is 7.52. The van der Waals surface area contributed by atoms with Gasteiger partial charge >= 0.3 is 0 Å². The lowest BCUT2D eigenvalue weighted by atomic mass is 9.91. The van der Waals surface area contributed by atoms with Gasteiger partial charge in [0.15, 0.2) is 0 Å². The monoisotopic (exact) mass is 273 g/mol. The second-order valence-corrected chi connectivity index (χ2v) is 5.86. The molecule has 20 heavy (non-hydrogen) atoms. The largest absolute Gasteiger partial charge is 0.366 e. The molecule has 3 unspecified atom stereocenters. The third-order valence-corrected chi connectivity index (χ3v) is 4.76. The summed E-state index contributed by atoms with van der Waals surface area (Å²) in [6, 6.07) is 9.45. The predicted octanol–water partition coefficient (Wildman–Crippen LogP) is 1.68. The van der Waals surface area contributed by atoms with Crippen molar-refractivity contribution in [1.82, 2.24) is 10.6 Å². The van der Waals surface area contributed by atoms with Crippen LogP contribution in [0.1, 0.15) is 31.4 Å². The molecule has 2 N–H and O–H groups in total. The fraction of sp³-hybridized carbons (Fsp3) is 0.562. The summed E-state index contributed by atoms with van der Waals surface area (Å²) in [5.41, 5.74) is 2.54. The van der Waals surface area contributed by atoms with Crippen molar-refractivity contribution in [2.75, 3.05) is 25.0 Å². The zero-order valence-electron chi connectivity index (χ0n) is 12.2. The van der Waals surface area contributed by atoms with Gasteiger partial charge in [0.1, 0.15) is 0 Å². The first-order valence-corrected chi connectivity index (χ1v) is 7.52. The van der Waals surface area contributed by atoms with Gasteiger partial charge in [0.05, 0.1) is 12.0 Å². The molecule has 0 spiro atoms. The van der Waals surface area contributed by atoms with Crippen LogP contribution in [-0.2, 0) is 4.79 Å². The van der Waals surface area contributed by atoms with Crippen LogP contribution in [0.15, 0.2) is 24.3 Å². The minimum absolute atomic E-state index is 0.180. The third-order valence-electron chi connectivity index (χ3n) is 4.76. The summed E-state index contributed by atoms with van der Waals surface area (Å²) in [5, 5.41) is 6.26. The molecule has 1 aromatic carbocycles. The number of hydrogen-bond acceptors (Lipinski definition) is 3. The highest BCUT2D eigenvalue weighted by atomic mass is 16.2. The molecule has 0 saturated carbocycles. The third kappa shape index (κ3) is 2.29. The van der Waals surface area contributed by atoms with Gasteiger partial charge in [-0.2, -0.15) is 0 Å². The van der Waals surface area contributed by atoms with Crippen LogP contribution in [0.3, 0.4) is 0 Å². The summed E-state index contributed by atoms with van der Waals surface area (Å²) in [4.78, 5) is 14.2. The number of hydrogen-bond donors (Lipinski definition) is 2. The number of benzene rings is 1. The highest BCUT2D eigenvalue weighted by Crippen LogP contribution is 2.32. The minimum atomic E-state index is 0.180. The second-order valence-electron chi connectivity index (χ2n) is 5.86. The van der Waals surface area contributed by atoms with E-state index in [1.165, 1.54) is 11.3 Å². The normalized spacial score (nSPS) is 27.1. The number of carbonyl (C=O) groups is 1. The first-order chi connectivity index (χ1) is 9.70. The number of fused-ring (bicyclic) bond motifs is 1. The second kappa shape index (κ2) is 5.44. The lowest BCUT2D eigenvalue weighted by Gasteiger charge is -2.37. The van der Waals surface area contributed by atoms with Crippen molar-refractivity contribution >= 4 is 11.6 Å². The van der Waals surface area contributed by atoms with Crippen LogP contribution >= 0.6 is 0 Å². The Balaban J connectivity index is 1.80. The average Bonchev–Trinajstić information content (AvgIpc) is 2.88. The van der Waals surface area contributed by atoms with Crippen LogP contribution in [0.5, 0.6) is 0 Å². The van der Waals surface area contributed by atoms with E-state index in [-0.39, 0.29) is 11.8 Å². The molecule has 2 saturated heterocycles. The van der Waals surface area contributed by atoms with E-state index in [2.05, 4.69) is 46.7 Å². The molecular weight excluding hydrogens is 250 g/mol. The molecule has 4 nitrogen and oxygen atoms in total. The van der Waals surface area contributed by atoms with E-state index in [1.54, 1.807) is 0 Å². The Bertz CT molecular complexity index is 485. The van der Waals surface area contributed by atoms with Crippen molar-refractivity contribution in [2.45, 2.75) is 31.8 Å². The van der Waals surface area contributed by atoms with E-state index < -0.39 is 0 Å². The number of carbonyl (C=O) groups excluding carboxylic acids is 1. The molecule has 3 rings (SSSR count). The molecule has 2 heterocycles. The Kier molecular flexibility index (Phi) is 3.66. The van der Waals surface area contributed by atoms with Crippen molar-refractivity contribution in [3.05, 3.63) is 29.8 Å². The summed E-state index contributed by atoms with van der Waals surface area (Å²) in [6.07, 6.45) is 2.13. The molecule has 0 aliphatic carbocycles. The molecule has 2 aliphatic rings. The molecule has 4 heteroatoms. The van der Waals surface area contributed by atoms with Gasteiger partial charge in [0, 0.05) is 24.8 Å².